The summed E-state index contributed by atoms with van der Waals surface area (Å²) in [5, 5.41) is 0.865. The first kappa shape index (κ1) is 13.8. The molecule has 1 aromatic heterocycles. The van der Waals surface area contributed by atoms with E-state index >= 15 is 0 Å². The Morgan fingerprint density at radius 2 is 2.10 bits per heavy atom. The van der Waals surface area contributed by atoms with Crippen molar-refractivity contribution in [1.29, 1.82) is 0 Å². The average Bonchev–Trinajstić information content (AvgIpc) is 2.81. The number of benzene rings is 1. The van der Waals surface area contributed by atoms with Crippen LogP contribution >= 0.6 is 23.5 Å². The standard InChI is InChI=1S/C15H16N2OS2/c1-10-3-5-13(6-4-10)19-8-12-9-20-15-16-14(18)7-11(2)17(12)15/h3-7,12H,8-9H2,1-2H3/t12-/m0/s1. The average molecular weight is 304 g/mol. The Hall–Kier alpha value is -1.20. The maximum Gasteiger partial charge on any atom is 0.273 e. The van der Waals surface area contributed by atoms with Crippen LogP contribution in [0.25, 0.3) is 0 Å². The van der Waals surface area contributed by atoms with Crippen molar-refractivity contribution in [2.24, 2.45) is 0 Å². The second kappa shape index (κ2) is 5.66. The quantitative estimate of drug-likeness (QED) is 0.644. The van der Waals surface area contributed by atoms with Gasteiger partial charge in [0, 0.05) is 28.2 Å². The SMILES string of the molecule is Cc1ccc(SC[C@H]2CSc3nc(=O)cc(C)n32)cc1. The third-order valence-electron chi connectivity index (χ3n) is 3.36. The fourth-order valence-electron chi connectivity index (χ4n) is 2.32. The van der Waals surface area contributed by atoms with E-state index in [4.69, 9.17) is 0 Å². The minimum atomic E-state index is -0.131. The Morgan fingerprint density at radius 3 is 2.85 bits per heavy atom. The number of hydrogen-bond acceptors (Lipinski definition) is 4. The van der Waals surface area contributed by atoms with Crippen LogP contribution in [0.1, 0.15) is 17.3 Å². The van der Waals surface area contributed by atoms with Gasteiger partial charge in [-0.3, -0.25) is 4.79 Å². The highest BCUT2D eigenvalue weighted by Crippen LogP contribution is 2.35. The van der Waals surface area contributed by atoms with E-state index in [9.17, 15) is 4.79 Å². The molecule has 0 saturated heterocycles. The third-order valence-corrected chi connectivity index (χ3v) is 5.61. The first-order chi connectivity index (χ1) is 9.63. The molecule has 0 unspecified atom stereocenters. The molecule has 1 aliphatic heterocycles. The van der Waals surface area contributed by atoms with Crippen molar-refractivity contribution in [3.63, 3.8) is 0 Å². The molecule has 0 N–H and O–H groups in total. The molecule has 1 atom stereocenters. The van der Waals surface area contributed by atoms with Crippen LogP contribution in [0.2, 0.25) is 0 Å². The zero-order valence-corrected chi connectivity index (χ0v) is 13.1. The summed E-state index contributed by atoms with van der Waals surface area (Å²) in [7, 11) is 0. The number of hydrogen-bond donors (Lipinski definition) is 0. The van der Waals surface area contributed by atoms with Crippen molar-refractivity contribution in [3.8, 4) is 0 Å². The van der Waals surface area contributed by atoms with E-state index in [1.807, 2.05) is 18.7 Å². The molecule has 0 saturated carbocycles. The molecule has 3 rings (SSSR count). The Labute approximate surface area is 126 Å². The van der Waals surface area contributed by atoms with E-state index in [0.717, 1.165) is 22.4 Å². The van der Waals surface area contributed by atoms with Gasteiger partial charge in [0.2, 0.25) is 0 Å². The Bertz CT molecular complexity index is 679. The zero-order valence-electron chi connectivity index (χ0n) is 11.5. The summed E-state index contributed by atoms with van der Waals surface area (Å²) < 4.78 is 2.20. The molecular formula is C15H16N2OS2. The number of aryl methyl sites for hydroxylation is 2. The van der Waals surface area contributed by atoms with Gasteiger partial charge in [0.25, 0.3) is 5.56 Å². The molecule has 2 aromatic rings. The predicted molar refractivity (Wildman–Crippen MR) is 84.9 cm³/mol. The van der Waals surface area contributed by atoms with Crippen molar-refractivity contribution in [1.82, 2.24) is 9.55 Å². The first-order valence-corrected chi connectivity index (χ1v) is 8.53. The lowest BCUT2D eigenvalue weighted by Gasteiger charge is -2.16. The highest BCUT2D eigenvalue weighted by Gasteiger charge is 2.24. The van der Waals surface area contributed by atoms with E-state index in [-0.39, 0.29) is 5.56 Å². The summed E-state index contributed by atoms with van der Waals surface area (Å²) in [5.74, 6) is 2.00. The van der Waals surface area contributed by atoms with Crippen LogP contribution in [0.5, 0.6) is 0 Å². The van der Waals surface area contributed by atoms with Gasteiger partial charge >= 0.3 is 0 Å². The van der Waals surface area contributed by atoms with Crippen molar-refractivity contribution in [2.45, 2.75) is 29.9 Å². The molecule has 5 heteroatoms. The smallest absolute Gasteiger partial charge is 0.273 e. The topological polar surface area (TPSA) is 34.9 Å². The van der Waals surface area contributed by atoms with Crippen molar-refractivity contribution >= 4 is 23.5 Å². The zero-order chi connectivity index (χ0) is 14.1. The molecule has 0 radical (unpaired) electrons. The minimum absolute atomic E-state index is 0.131. The van der Waals surface area contributed by atoms with Crippen molar-refractivity contribution in [3.05, 3.63) is 51.9 Å². The van der Waals surface area contributed by atoms with Crippen LogP contribution < -0.4 is 5.56 Å². The van der Waals surface area contributed by atoms with Gasteiger partial charge in [-0.2, -0.15) is 4.98 Å². The maximum atomic E-state index is 11.4. The highest BCUT2D eigenvalue weighted by atomic mass is 32.2. The molecular weight excluding hydrogens is 288 g/mol. The van der Waals surface area contributed by atoms with Gasteiger partial charge in [0.05, 0.1) is 6.04 Å². The molecule has 20 heavy (non-hydrogen) atoms. The number of nitrogens with zero attached hydrogens (tertiary/aromatic N) is 2. The number of rotatable bonds is 3. The van der Waals surface area contributed by atoms with Crippen LogP contribution in [-0.2, 0) is 0 Å². The van der Waals surface area contributed by atoms with Gasteiger partial charge in [-0.05, 0) is 26.0 Å². The molecule has 1 aromatic carbocycles. The number of aromatic nitrogens is 2. The fourth-order valence-corrected chi connectivity index (χ4v) is 4.64. The molecule has 2 heterocycles. The van der Waals surface area contributed by atoms with Gasteiger partial charge in [-0.1, -0.05) is 29.5 Å². The molecule has 0 aliphatic carbocycles. The summed E-state index contributed by atoms with van der Waals surface area (Å²) in [6, 6.07) is 10.7. The van der Waals surface area contributed by atoms with E-state index < -0.39 is 0 Å². The lowest BCUT2D eigenvalue weighted by molar-refractivity contribution is 0.549. The van der Waals surface area contributed by atoms with Crippen LogP contribution in [0.4, 0.5) is 0 Å². The molecule has 104 valence electrons. The summed E-state index contributed by atoms with van der Waals surface area (Å²) >= 11 is 3.54. The van der Waals surface area contributed by atoms with E-state index in [2.05, 4.69) is 40.7 Å². The summed E-state index contributed by atoms with van der Waals surface area (Å²) in [4.78, 5) is 16.8. The van der Waals surface area contributed by atoms with Crippen molar-refractivity contribution in [2.75, 3.05) is 11.5 Å². The minimum Gasteiger partial charge on any atom is -0.320 e. The molecule has 3 nitrogen and oxygen atoms in total. The summed E-state index contributed by atoms with van der Waals surface area (Å²) in [6.07, 6.45) is 0. The number of thioether (sulfide) groups is 2. The Morgan fingerprint density at radius 1 is 1.35 bits per heavy atom. The number of fused-ring (bicyclic) bond motifs is 1. The van der Waals surface area contributed by atoms with Gasteiger partial charge in [0.1, 0.15) is 0 Å². The van der Waals surface area contributed by atoms with Crippen LogP contribution in [0.15, 0.2) is 45.2 Å². The van der Waals surface area contributed by atoms with Gasteiger partial charge in [0.15, 0.2) is 5.16 Å². The van der Waals surface area contributed by atoms with E-state index in [1.165, 1.54) is 10.5 Å². The van der Waals surface area contributed by atoms with E-state index in [0.29, 0.717) is 6.04 Å². The monoisotopic (exact) mass is 304 g/mol. The Balaban J connectivity index is 1.75. The predicted octanol–water partition coefficient (Wildman–Crippen LogP) is 3.30. The summed E-state index contributed by atoms with van der Waals surface area (Å²) in [5.41, 5.74) is 2.17. The fraction of sp³-hybridized carbons (Fsp3) is 0.333. The molecule has 0 fully saturated rings. The molecule has 0 bridgehead atoms. The molecule has 0 spiro atoms. The van der Waals surface area contributed by atoms with Gasteiger partial charge in [-0.25, -0.2) is 0 Å². The van der Waals surface area contributed by atoms with Gasteiger partial charge < -0.3 is 4.57 Å². The normalized spacial score (nSPS) is 17.2. The second-order valence-electron chi connectivity index (χ2n) is 4.98. The van der Waals surface area contributed by atoms with Crippen molar-refractivity contribution < 1.29 is 0 Å². The lowest BCUT2D eigenvalue weighted by Crippen LogP contribution is -2.18. The first-order valence-electron chi connectivity index (χ1n) is 6.56. The Kier molecular flexibility index (Phi) is 3.89. The summed E-state index contributed by atoms with van der Waals surface area (Å²) in [6.45, 7) is 4.09. The third kappa shape index (κ3) is 2.79. The van der Waals surface area contributed by atoms with Gasteiger partial charge in [-0.15, -0.1) is 11.8 Å². The van der Waals surface area contributed by atoms with Crippen LogP contribution in [0, 0.1) is 13.8 Å². The molecule has 0 amide bonds. The second-order valence-corrected chi connectivity index (χ2v) is 7.06. The van der Waals surface area contributed by atoms with E-state index in [1.54, 1.807) is 17.8 Å². The molecule has 1 aliphatic rings. The highest BCUT2D eigenvalue weighted by molar-refractivity contribution is 8.00. The lowest BCUT2D eigenvalue weighted by atomic mass is 10.2. The van der Waals surface area contributed by atoms with Crippen LogP contribution in [-0.4, -0.2) is 21.1 Å². The maximum absolute atomic E-state index is 11.4. The largest absolute Gasteiger partial charge is 0.320 e. The van der Waals surface area contributed by atoms with Crippen LogP contribution in [0.3, 0.4) is 0 Å².